The van der Waals surface area contributed by atoms with Crippen LogP contribution in [0.15, 0.2) is 40.9 Å². The van der Waals surface area contributed by atoms with Gasteiger partial charge < -0.3 is 5.32 Å². The maximum Gasteiger partial charge on any atom is 0.271 e. The van der Waals surface area contributed by atoms with E-state index in [4.69, 9.17) is 23.2 Å². The fraction of sp³-hybridized carbons (Fsp3) is 0. The van der Waals surface area contributed by atoms with Crippen LogP contribution < -0.4 is 5.32 Å². The molecule has 0 aliphatic heterocycles. The van der Waals surface area contributed by atoms with E-state index >= 15 is 0 Å². The number of rotatable bonds is 3. The molecule has 2 aromatic carbocycles. The zero-order valence-corrected chi connectivity index (χ0v) is 13.4. The molecule has 21 heavy (non-hydrogen) atoms. The molecule has 0 aliphatic rings. The highest BCUT2D eigenvalue weighted by Crippen LogP contribution is 2.28. The van der Waals surface area contributed by atoms with Gasteiger partial charge in [-0.1, -0.05) is 23.2 Å². The monoisotopic (exact) mass is 388 g/mol. The molecule has 0 radical (unpaired) electrons. The van der Waals surface area contributed by atoms with E-state index in [1.807, 2.05) is 0 Å². The van der Waals surface area contributed by atoms with Crippen molar-refractivity contribution < 1.29 is 9.72 Å². The van der Waals surface area contributed by atoms with Crippen LogP contribution in [-0.4, -0.2) is 10.8 Å². The number of non-ortho nitro benzene ring substituents is 1. The molecule has 0 spiro atoms. The number of carbonyl (C=O) groups excluding carboxylic acids is 1. The Balaban J connectivity index is 2.28. The van der Waals surface area contributed by atoms with E-state index in [1.54, 1.807) is 0 Å². The second-order valence-electron chi connectivity index (χ2n) is 4.00. The molecule has 0 fully saturated rings. The molecule has 8 heteroatoms. The first kappa shape index (κ1) is 15.8. The van der Waals surface area contributed by atoms with Crippen LogP contribution in [0, 0.1) is 10.1 Å². The van der Waals surface area contributed by atoms with Crippen molar-refractivity contribution in [1.29, 1.82) is 0 Å². The number of nitro groups is 1. The Morgan fingerprint density at radius 1 is 1.14 bits per heavy atom. The van der Waals surface area contributed by atoms with Crippen LogP contribution in [0.3, 0.4) is 0 Å². The van der Waals surface area contributed by atoms with Crippen LogP contribution in [0.1, 0.15) is 10.4 Å². The van der Waals surface area contributed by atoms with Crippen LogP contribution in [-0.2, 0) is 0 Å². The summed E-state index contributed by atoms with van der Waals surface area (Å²) in [5.41, 5.74) is 0.464. The highest BCUT2D eigenvalue weighted by Gasteiger charge is 2.13. The Labute approximate surface area is 138 Å². The average Bonchev–Trinajstić information content (AvgIpc) is 2.43. The molecule has 0 unspecified atom stereocenters. The fourth-order valence-electron chi connectivity index (χ4n) is 1.55. The van der Waals surface area contributed by atoms with Crippen molar-refractivity contribution in [3.05, 3.63) is 66.6 Å². The topological polar surface area (TPSA) is 72.2 Å². The molecule has 0 bridgehead atoms. The number of anilines is 1. The predicted molar refractivity (Wildman–Crippen MR) is 85.2 cm³/mol. The van der Waals surface area contributed by atoms with Crippen LogP contribution in [0.5, 0.6) is 0 Å². The van der Waals surface area contributed by atoms with Crippen molar-refractivity contribution in [2.24, 2.45) is 0 Å². The van der Waals surface area contributed by atoms with Gasteiger partial charge in [-0.3, -0.25) is 14.9 Å². The van der Waals surface area contributed by atoms with Gasteiger partial charge in [-0.05, 0) is 40.2 Å². The number of halogens is 3. The van der Waals surface area contributed by atoms with Gasteiger partial charge in [-0.15, -0.1) is 0 Å². The number of carbonyl (C=O) groups is 1. The lowest BCUT2D eigenvalue weighted by atomic mass is 10.2. The summed E-state index contributed by atoms with van der Waals surface area (Å²) in [6, 6.07) is 8.52. The molecule has 0 aromatic heterocycles. The van der Waals surface area contributed by atoms with Gasteiger partial charge in [0.05, 0.1) is 20.7 Å². The van der Waals surface area contributed by atoms with Gasteiger partial charge in [0.2, 0.25) is 0 Å². The Bertz CT molecular complexity index is 737. The van der Waals surface area contributed by atoms with Gasteiger partial charge in [-0.2, -0.15) is 0 Å². The number of nitrogens with zero attached hydrogens (tertiary/aromatic N) is 1. The number of benzene rings is 2. The third-order valence-corrected chi connectivity index (χ3v) is 4.02. The van der Waals surface area contributed by atoms with E-state index in [0.717, 1.165) is 0 Å². The summed E-state index contributed by atoms with van der Waals surface area (Å²) in [5.74, 6) is -0.449. The molecule has 0 heterocycles. The maximum atomic E-state index is 12.1. The first-order valence-electron chi connectivity index (χ1n) is 5.59. The Morgan fingerprint density at radius 3 is 2.48 bits per heavy atom. The van der Waals surface area contributed by atoms with Gasteiger partial charge in [0, 0.05) is 22.2 Å². The molecule has 0 atom stereocenters. The molecule has 108 valence electrons. The van der Waals surface area contributed by atoms with Gasteiger partial charge in [0.1, 0.15) is 0 Å². The molecule has 5 nitrogen and oxygen atoms in total. The summed E-state index contributed by atoms with van der Waals surface area (Å²) in [5, 5.41) is 13.9. The van der Waals surface area contributed by atoms with E-state index in [-0.39, 0.29) is 10.7 Å². The van der Waals surface area contributed by atoms with Crippen LogP contribution in [0.25, 0.3) is 0 Å². The van der Waals surface area contributed by atoms with E-state index in [1.165, 1.54) is 36.4 Å². The number of nitro benzene ring substituents is 1. The summed E-state index contributed by atoms with van der Waals surface area (Å²) in [4.78, 5) is 22.3. The molecule has 1 amide bonds. The van der Waals surface area contributed by atoms with Crippen LogP contribution in [0.4, 0.5) is 11.4 Å². The molecule has 0 aliphatic carbocycles. The third kappa shape index (κ3) is 3.72. The van der Waals surface area contributed by atoms with Gasteiger partial charge in [0.25, 0.3) is 11.6 Å². The number of hydrogen-bond acceptors (Lipinski definition) is 3. The Kier molecular flexibility index (Phi) is 4.82. The molecule has 1 N–H and O–H groups in total. The first-order valence-corrected chi connectivity index (χ1v) is 7.13. The highest BCUT2D eigenvalue weighted by molar-refractivity contribution is 9.10. The molecular formula is C13H7BrCl2N2O3. The van der Waals surface area contributed by atoms with Gasteiger partial charge in [0.15, 0.2) is 0 Å². The van der Waals surface area contributed by atoms with E-state index in [9.17, 15) is 14.9 Å². The summed E-state index contributed by atoms with van der Waals surface area (Å²) in [7, 11) is 0. The van der Waals surface area contributed by atoms with Crippen molar-refractivity contribution in [3.63, 3.8) is 0 Å². The normalized spacial score (nSPS) is 10.2. The first-order chi connectivity index (χ1) is 9.88. The lowest BCUT2D eigenvalue weighted by Crippen LogP contribution is -2.12. The van der Waals surface area contributed by atoms with Crippen molar-refractivity contribution in [3.8, 4) is 0 Å². The lowest BCUT2D eigenvalue weighted by Gasteiger charge is -2.08. The molecular weight excluding hydrogens is 383 g/mol. The zero-order valence-electron chi connectivity index (χ0n) is 10.3. The summed E-state index contributed by atoms with van der Waals surface area (Å²) in [6.45, 7) is 0. The average molecular weight is 390 g/mol. The summed E-state index contributed by atoms with van der Waals surface area (Å²) < 4.78 is 0.529. The van der Waals surface area contributed by atoms with E-state index < -0.39 is 10.8 Å². The Morgan fingerprint density at radius 2 is 1.86 bits per heavy atom. The second-order valence-corrected chi connectivity index (χ2v) is 5.67. The highest BCUT2D eigenvalue weighted by atomic mass is 79.9. The minimum absolute atomic E-state index is 0.123. The van der Waals surface area contributed by atoms with Crippen molar-refractivity contribution in [2.45, 2.75) is 0 Å². The largest absolute Gasteiger partial charge is 0.321 e. The predicted octanol–water partition coefficient (Wildman–Crippen LogP) is 4.92. The third-order valence-electron chi connectivity index (χ3n) is 2.59. The summed E-state index contributed by atoms with van der Waals surface area (Å²) >= 11 is 14.9. The van der Waals surface area contributed by atoms with Crippen molar-refractivity contribution >= 4 is 56.4 Å². The number of nitrogens with one attached hydrogen (secondary N) is 1. The van der Waals surface area contributed by atoms with Crippen LogP contribution in [0.2, 0.25) is 10.0 Å². The molecule has 0 saturated carbocycles. The quantitative estimate of drug-likeness (QED) is 0.598. The zero-order chi connectivity index (χ0) is 15.6. The molecule has 2 aromatic rings. The summed E-state index contributed by atoms with van der Waals surface area (Å²) in [6.07, 6.45) is 0. The van der Waals surface area contributed by atoms with Crippen LogP contribution >= 0.6 is 39.1 Å². The van der Waals surface area contributed by atoms with Crippen molar-refractivity contribution in [1.82, 2.24) is 0 Å². The van der Waals surface area contributed by atoms with E-state index in [0.29, 0.717) is 20.7 Å². The smallest absolute Gasteiger partial charge is 0.271 e. The number of hydrogen-bond donors (Lipinski definition) is 1. The minimum atomic E-state index is -0.540. The van der Waals surface area contributed by atoms with Gasteiger partial charge in [-0.25, -0.2) is 0 Å². The molecule has 0 saturated heterocycles. The molecule has 2 rings (SSSR count). The Hall–Kier alpha value is -1.63. The maximum absolute atomic E-state index is 12.1. The standard InChI is InChI=1S/C13H7BrCl2N2O3/c14-9-3-2-8(18(20)21)6-12(9)17-13(19)7-1-4-10(15)11(16)5-7/h1-6H,(H,17,19). The lowest BCUT2D eigenvalue weighted by molar-refractivity contribution is -0.384. The van der Waals surface area contributed by atoms with E-state index in [2.05, 4.69) is 21.2 Å². The van der Waals surface area contributed by atoms with Crippen molar-refractivity contribution in [2.75, 3.05) is 5.32 Å². The SMILES string of the molecule is O=C(Nc1cc([N+](=O)[O-])ccc1Br)c1ccc(Cl)c(Cl)c1. The fourth-order valence-corrected chi connectivity index (χ4v) is 2.20. The number of amides is 1. The minimum Gasteiger partial charge on any atom is -0.321 e. The van der Waals surface area contributed by atoms with Gasteiger partial charge >= 0.3 is 0 Å². The second kappa shape index (κ2) is 6.43.